The van der Waals surface area contributed by atoms with Gasteiger partial charge in [0.15, 0.2) is 0 Å². The Bertz CT molecular complexity index is 419. The molecule has 1 aromatic carbocycles. The van der Waals surface area contributed by atoms with Gasteiger partial charge in [-0.15, -0.1) is 0 Å². The number of aromatic hydroxyl groups is 1. The Balaban J connectivity index is 2.20. The second kappa shape index (κ2) is 4.37. The molecule has 1 aromatic rings. The van der Waals surface area contributed by atoms with Crippen LogP contribution in [0, 0.1) is 0 Å². The fourth-order valence-corrected chi connectivity index (χ4v) is 2.10. The number of rotatable bonds is 2. The van der Waals surface area contributed by atoms with E-state index in [-0.39, 0.29) is 5.75 Å². The number of carbonyl (C=O) groups is 1. The molecule has 17 heavy (non-hydrogen) atoms. The average molecular weight is 235 g/mol. The maximum absolute atomic E-state index is 10.7. The molecule has 1 aliphatic heterocycles. The minimum Gasteiger partial charge on any atom is -0.506 e. The summed E-state index contributed by atoms with van der Waals surface area (Å²) in [4.78, 5) is 12.7. The molecule has 1 heterocycles. The Morgan fingerprint density at radius 3 is 2.59 bits per heavy atom. The zero-order chi connectivity index (χ0) is 12.5. The Hall–Kier alpha value is -1.55. The molecule has 1 saturated heterocycles. The van der Waals surface area contributed by atoms with Crippen LogP contribution in [0.4, 0.5) is 5.69 Å². The normalized spacial score (nSPS) is 19.1. The first-order valence-corrected chi connectivity index (χ1v) is 5.77. The number of nitrogens with zero attached hydrogens (tertiary/aromatic N) is 1. The molecular weight excluding hydrogens is 218 g/mol. The van der Waals surface area contributed by atoms with E-state index < -0.39 is 5.60 Å². The average Bonchev–Trinajstić information content (AvgIpc) is 2.30. The maximum Gasteiger partial charge on any atom is 0.150 e. The minimum absolute atomic E-state index is 0.178. The smallest absolute Gasteiger partial charge is 0.150 e. The molecule has 2 N–H and O–H groups in total. The molecule has 0 radical (unpaired) electrons. The zero-order valence-corrected chi connectivity index (χ0v) is 9.89. The van der Waals surface area contributed by atoms with E-state index >= 15 is 0 Å². The molecule has 0 aromatic heterocycles. The van der Waals surface area contributed by atoms with Gasteiger partial charge in [0.25, 0.3) is 0 Å². The Labute approximate surface area is 100 Å². The van der Waals surface area contributed by atoms with Gasteiger partial charge in [-0.25, -0.2) is 0 Å². The molecule has 92 valence electrons. The van der Waals surface area contributed by atoms with Crippen molar-refractivity contribution < 1.29 is 15.0 Å². The fourth-order valence-electron chi connectivity index (χ4n) is 2.10. The number of carbonyl (C=O) groups excluding carboxylic acids is 1. The molecule has 0 saturated carbocycles. The Morgan fingerprint density at radius 2 is 2.00 bits per heavy atom. The third kappa shape index (κ3) is 2.58. The van der Waals surface area contributed by atoms with Gasteiger partial charge in [0.05, 0.1) is 11.3 Å². The van der Waals surface area contributed by atoms with Crippen molar-refractivity contribution in [1.82, 2.24) is 0 Å². The lowest BCUT2D eigenvalue weighted by Gasteiger charge is -2.37. The zero-order valence-electron chi connectivity index (χ0n) is 9.89. The van der Waals surface area contributed by atoms with Crippen molar-refractivity contribution in [3.8, 4) is 5.75 Å². The van der Waals surface area contributed by atoms with Crippen LogP contribution in [0.2, 0.25) is 0 Å². The van der Waals surface area contributed by atoms with Crippen LogP contribution in [-0.2, 0) is 0 Å². The summed E-state index contributed by atoms with van der Waals surface area (Å²) in [7, 11) is 0. The molecule has 0 atom stereocenters. The summed E-state index contributed by atoms with van der Waals surface area (Å²) < 4.78 is 0. The first kappa shape index (κ1) is 11.9. The summed E-state index contributed by atoms with van der Waals surface area (Å²) in [5.41, 5.74) is 0.606. The summed E-state index contributed by atoms with van der Waals surface area (Å²) in [6.07, 6.45) is 2.10. The van der Waals surface area contributed by atoms with E-state index in [1.54, 1.807) is 12.1 Å². The lowest BCUT2D eigenvalue weighted by atomic mass is 9.93. The van der Waals surface area contributed by atoms with Crippen molar-refractivity contribution in [2.24, 2.45) is 0 Å². The number of hydrogen-bond acceptors (Lipinski definition) is 4. The fraction of sp³-hybridized carbons (Fsp3) is 0.462. The molecule has 0 bridgehead atoms. The van der Waals surface area contributed by atoms with Crippen molar-refractivity contribution in [1.29, 1.82) is 0 Å². The molecule has 0 unspecified atom stereocenters. The van der Waals surface area contributed by atoms with E-state index in [4.69, 9.17) is 0 Å². The first-order chi connectivity index (χ1) is 8.02. The highest BCUT2D eigenvalue weighted by Crippen LogP contribution is 2.32. The lowest BCUT2D eigenvalue weighted by Crippen LogP contribution is -2.42. The van der Waals surface area contributed by atoms with Gasteiger partial charge in [0.1, 0.15) is 12.0 Å². The van der Waals surface area contributed by atoms with Gasteiger partial charge in [-0.1, -0.05) is 0 Å². The summed E-state index contributed by atoms with van der Waals surface area (Å²) >= 11 is 0. The van der Waals surface area contributed by atoms with Gasteiger partial charge in [0, 0.05) is 18.7 Å². The monoisotopic (exact) mass is 235 g/mol. The standard InChI is InChI=1S/C13H17NO3/c1-13(17)4-6-14(7-5-13)11-8-10(9-15)2-3-12(11)16/h2-3,8-9,16-17H,4-7H2,1H3. The van der Waals surface area contributed by atoms with Crippen molar-refractivity contribution in [3.05, 3.63) is 23.8 Å². The van der Waals surface area contributed by atoms with Gasteiger partial charge in [0.2, 0.25) is 0 Å². The number of benzene rings is 1. The summed E-state index contributed by atoms with van der Waals surface area (Å²) in [6.45, 7) is 3.19. The topological polar surface area (TPSA) is 60.8 Å². The molecule has 0 aliphatic carbocycles. The van der Waals surface area contributed by atoms with Crippen molar-refractivity contribution in [2.45, 2.75) is 25.4 Å². The summed E-state index contributed by atoms with van der Waals surface area (Å²) in [5, 5.41) is 19.7. The van der Waals surface area contributed by atoms with Crippen LogP contribution in [0.5, 0.6) is 5.75 Å². The van der Waals surface area contributed by atoms with Gasteiger partial charge in [-0.05, 0) is 38.0 Å². The van der Waals surface area contributed by atoms with E-state index in [1.165, 1.54) is 6.07 Å². The molecule has 4 nitrogen and oxygen atoms in total. The third-order valence-electron chi connectivity index (χ3n) is 3.32. The van der Waals surface area contributed by atoms with Crippen LogP contribution in [-0.4, -0.2) is 35.2 Å². The predicted octanol–water partition coefficient (Wildman–Crippen LogP) is 1.56. The van der Waals surface area contributed by atoms with Crippen LogP contribution in [0.3, 0.4) is 0 Å². The Kier molecular flexibility index (Phi) is 3.07. The molecule has 1 aliphatic rings. The first-order valence-electron chi connectivity index (χ1n) is 5.77. The number of piperidine rings is 1. The summed E-state index contributed by atoms with van der Waals surface area (Å²) in [6, 6.07) is 4.81. The number of hydrogen-bond donors (Lipinski definition) is 2. The highest BCUT2D eigenvalue weighted by atomic mass is 16.3. The molecule has 0 spiro atoms. The van der Waals surface area contributed by atoms with Crippen LogP contribution in [0.1, 0.15) is 30.1 Å². The minimum atomic E-state index is -0.617. The number of phenolic OH excluding ortho intramolecular Hbond substituents is 1. The van der Waals surface area contributed by atoms with Crippen molar-refractivity contribution in [2.75, 3.05) is 18.0 Å². The Morgan fingerprint density at radius 1 is 1.35 bits per heavy atom. The molecule has 2 rings (SSSR count). The lowest BCUT2D eigenvalue weighted by molar-refractivity contribution is 0.0350. The number of anilines is 1. The second-order valence-corrected chi connectivity index (χ2v) is 4.85. The molecule has 4 heteroatoms. The van der Waals surface area contributed by atoms with E-state index in [0.717, 1.165) is 6.29 Å². The second-order valence-electron chi connectivity index (χ2n) is 4.85. The van der Waals surface area contributed by atoms with Crippen LogP contribution in [0.15, 0.2) is 18.2 Å². The van der Waals surface area contributed by atoms with Crippen molar-refractivity contribution in [3.63, 3.8) is 0 Å². The quantitative estimate of drug-likeness (QED) is 0.764. The summed E-state index contributed by atoms with van der Waals surface area (Å²) in [5.74, 6) is 0.178. The highest BCUT2D eigenvalue weighted by molar-refractivity contribution is 5.79. The molecule has 1 fully saturated rings. The van der Waals surface area contributed by atoms with Crippen LogP contribution in [0.25, 0.3) is 0 Å². The largest absolute Gasteiger partial charge is 0.506 e. The van der Waals surface area contributed by atoms with Crippen LogP contribution < -0.4 is 4.90 Å². The van der Waals surface area contributed by atoms with Crippen molar-refractivity contribution >= 4 is 12.0 Å². The van der Waals surface area contributed by atoms with Gasteiger partial charge in [-0.2, -0.15) is 0 Å². The number of aldehydes is 1. The highest BCUT2D eigenvalue weighted by Gasteiger charge is 2.28. The van der Waals surface area contributed by atoms with Crippen LogP contribution >= 0.6 is 0 Å². The van der Waals surface area contributed by atoms with Gasteiger partial charge in [-0.3, -0.25) is 4.79 Å². The number of aliphatic hydroxyl groups is 1. The molecular formula is C13H17NO3. The molecule has 0 amide bonds. The van der Waals surface area contributed by atoms with Gasteiger partial charge >= 0.3 is 0 Å². The van der Waals surface area contributed by atoms with E-state index in [2.05, 4.69) is 0 Å². The maximum atomic E-state index is 10.7. The van der Waals surface area contributed by atoms with Gasteiger partial charge < -0.3 is 15.1 Å². The third-order valence-corrected chi connectivity index (χ3v) is 3.32. The van der Waals surface area contributed by atoms with E-state index in [0.29, 0.717) is 37.2 Å². The number of phenols is 1. The van der Waals surface area contributed by atoms with E-state index in [1.807, 2.05) is 11.8 Å². The van der Waals surface area contributed by atoms with E-state index in [9.17, 15) is 15.0 Å². The predicted molar refractivity (Wildman–Crippen MR) is 65.6 cm³/mol. The SMILES string of the molecule is CC1(O)CCN(c2cc(C=O)ccc2O)CC1.